The third kappa shape index (κ3) is 10.2. The summed E-state index contributed by atoms with van der Waals surface area (Å²) >= 11 is 0. The molecule has 0 aromatic rings. The van der Waals surface area contributed by atoms with Crippen LogP contribution < -0.4 is 0 Å². The van der Waals surface area contributed by atoms with Crippen molar-refractivity contribution in [3.8, 4) is 0 Å². The van der Waals surface area contributed by atoms with Gasteiger partial charge in [-0.15, -0.1) is 6.08 Å². The van der Waals surface area contributed by atoms with Gasteiger partial charge < -0.3 is 11.5 Å². The summed E-state index contributed by atoms with van der Waals surface area (Å²) < 4.78 is 0. The molecule has 1 rings (SSSR count). The molecule has 0 aromatic heterocycles. The van der Waals surface area contributed by atoms with Gasteiger partial charge in [0, 0.05) is 0 Å². The number of allylic oxidation sites excluding steroid dienone is 2. The Morgan fingerprint density at radius 2 is 1.77 bits per heavy atom. The summed E-state index contributed by atoms with van der Waals surface area (Å²) in [6.07, 6.45) is 9.97. The van der Waals surface area contributed by atoms with Gasteiger partial charge in [0.25, 0.3) is 0 Å². The minimum Gasteiger partial charge on any atom is -0.309 e. The monoisotopic (exact) mass is 245 g/mol. The second kappa shape index (κ2) is 12.2. The fourth-order valence-electron chi connectivity index (χ4n) is 1.01. The van der Waals surface area contributed by atoms with Crippen LogP contribution in [0, 0.1) is 6.08 Å². The molecule has 0 saturated heterocycles. The van der Waals surface area contributed by atoms with E-state index in [0.717, 1.165) is 6.42 Å². The van der Waals surface area contributed by atoms with E-state index in [2.05, 4.69) is 38.3 Å². The average Bonchev–Trinajstić information content (AvgIpc) is 2.64. The molecule has 13 heavy (non-hydrogen) atoms. The minimum atomic E-state index is 0. The van der Waals surface area contributed by atoms with Crippen molar-refractivity contribution < 1.29 is 17.1 Å². The van der Waals surface area contributed by atoms with Crippen LogP contribution in [-0.2, 0) is 17.1 Å². The zero-order valence-electron chi connectivity index (χ0n) is 8.71. The van der Waals surface area contributed by atoms with Crippen LogP contribution in [0.4, 0.5) is 0 Å². The predicted molar refractivity (Wildman–Crippen MR) is 59.4 cm³/mol. The van der Waals surface area contributed by atoms with Gasteiger partial charge in [0.2, 0.25) is 0 Å². The maximum absolute atomic E-state index is 2.81. The molecule has 1 aliphatic rings. The molecule has 0 saturated carbocycles. The van der Waals surface area contributed by atoms with Gasteiger partial charge in [0.15, 0.2) is 0 Å². The summed E-state index contributed by atoms with van der Waals surface area (Å²) in [5.74, 6) is 0. The zero-order valence-corrected chi connectivity index (χ0v) is 10.6. The largest absolute Gasteiger partial charge is 1.00 e. The molecule has 2 heteroatoms. The molecule has 0 aromatic carbocycles. The molecule has 0 aliphatic heterocycles. The van der Waals surface area contributed by atoms with Gasteiger partial charge in [-0.1, -0.05) is 6.42 Å². The molecule has 0 amide bonds. The Balaban J connectivity index is 0. The second-order valence-corrected chi connectivity index (χ2v) is 6.29. The number of rotatable bonds is 3. The summed E-state index contributed by atoms with van der Waals surface area (Å²) in [7, 11) is 0.137. The summed E-state index contributed by atoms with van der Waals surface area (Å²) in [6.45, 7) is 6.92. The van der Waals surface area contributed by atoms with Crippen LogP contribution in [0.2, 0.25) is 0 Å². The van der Waals surface area contributed by atoms with Gasteiger partial charge in [0.1, 0.15) is 0 Å². The summed E-state index contributed by atoms with van der Waals surface area (Å²) in [6, 6.07) is 0. The molecule has 0 N–H and O–H groups in total. The van der Waals surface area contributed by atoms with Crippen LogP contribution in [0.5, 0.6) is 0 Å². The first-order valence-corrected chi connectivity index (χ1v) is 6.85. The molecule has 78 valence electrons. The summed E-state index contributed by atoms with van der Waals surface area (Å²) in [4.78, 5) is 0. The van der Waals surface area contributed by atoms with Crippen LogP contribution >= 0.6 is 7.92 Å². The van der Waals surface area contributed by atoms with E-state index in [4.69, 9.17) is 0 Å². The topological polar surface area (TPSA) is 0 Å². The van der Waals surface area contributed by atoms with Gasteiger partial charge >= 0.3 is 17.1 Å². The van der Waals surface area contributed by atoms with Gasteiger partial charge in [-0.2, -0.15) is 0 Å². The van der Waals surface area contributed by atoms with E-state index in [9.17, 15) is 0 Å². The molecule has 0 radical (unpaired) electrons. The molecule has 0 unspecified atom stereocenters. The quantitative estimate of drug-likeness (QED) is 0.310. The molecule has 0 bridgehead atoms. The molecule has 0 fully saturated rings. The van der Waals surface area contributed by atoms with Crippen molar-refractivity contribution in [2.24, 2.45) is 0 Å². The standard InChI is InChI=1S/C6H15P.C5H3.Cu/c1-4-7(5-2)6-3;1-2-4-5-3-1;/h4-6H2,1-3H3;1H,2H2;/q;-1;+1/p+1. The molecular formula is C11H19CuP+. The Morgan fingerprint density at radius 3 is 1.85 bits per heavy atom. The van der Waals surface area contributed by atoms with E-state index in [-0.39, 0.29) is 25.0 Å². The van der Waals surface area contributed by atoms with Gasteiger partial charge in [-0.25, -0.2) is 6.08 Å². The van der Waals surface area contributed by atoms with Crippen LogP contribution in [-0.4, -0.2) is 18.5 Å². The van der Waals surface area contributed by atoms with E-state index in [1.54, 1.807) is 0 Å². The fourth-order valence-corrected chi connectivity index (χ4v) is 2.51. The van der Waals surface area contributed by atoms with Crippen LogP contribution in [0.15, 0.2) is 17.5 Å². The van der Waals surface area contributed by atoms with Crippen molar-refractivity contribution in [2.75, 3.05) is 18.5 Å². The maximum atomic E-state index is 2.81. The molecule has 0 atom stereocenters. The van der Waals surface area contributed by atoms with E-state index < -0.39 is 0 Å². The van der Waals surface area contributed by atoms with Crippen LogP contribution in [0.3, 0.4) is 0 Å². The smallest absolute Gasteiger partial charge is 0.309 e. The van der Waals surface area contributed by atoms with Crippen molar-refractivity contribution in [2.45, 2.75) is 27.2 Å². The number of hydrogen-bond acceptors (Lipinski definition) is 0. The van der Waals surface area contributed by atoms with Crippen molar-refractivity contribution in [1.82, 2.24) is 0 Å². The van der Waals surface area contributed by atoms with Crippen molar-refractivity contribution in [3.63, 3.8) is 0 Å². The summed E-state index contributed by atoms with van der Waals surface area (Å²) in [5.41, 5.74) is 5.40. The van der Waals surface area contributed by atoms with Gasteiger partial charge in [-0.3, -0.25) is 0 Å². The van der Waals surface area contributed by atoms with Gasteiger partial charge in [0.05, 0.1) is 18.5 Å². The Labute approximate surface area is 94.4 Å². The Bertz CT molecular complexity index is 163. The Hall–Kier alpha value is 0.249. The van der Waals surface area contributed by atoms with Crippen molar-refractivity contribution in [1.29, 1.82) is 0 Å². The SMILES string of the molecule is C1=C=CC[C-]=1.CC[PH+](CC)CC.[Cu+]. The van der Waals surface area contributed by atoms with Crippen molar-refractivity contribution in [3.05, 3.63) is 23.6 Å². The molecule has 0 nitrogen and oxygen atoms in total. The Morgan fingerprint density at radius 1 is 1.23 bits per heavy atom. The zero-order chi connectivity index (χ0) is 9.23. The van der Waals surface area contributed by atoms with Crippen LogP contribution in [0.25, 0.3) is 0 Å². The van der Waals surface area contributed by atoms with Crippen molar-refractivity contribution >= 4 is 7.92 Å². The van der Waals surface area contributed by atoms with Gasteiger partial charge in [-0.05, 0) is 28.7 Å². The normalized spacial score (nSPS) is 11.1. The average molecular weight is 246 g/mol. The number of hydrogen-bond donors (Lipinski definition) is 0. The van der Waals surface area contributed by atoms with E-state index in [1.165, 1.54) is 18.5 Å². The maximum Gasteiger partial charge on any atom is 1.00 e. The second-order valence-electron chi connectivity index (χ2n) is 2.67. The molecule has 1 aliphatic carbocycles. The first-order valence-electron chi connectivity index (χ1n) is 4.73. The fraction of sp³-hybridized carbons (Fsp3) is 0.636. The van der Waals surface area contributed by atoms with E-state index in [1.807, 2.05) is 6.08 Å². The van der Waals surface area contributed by atoms with Crippen LogP contribution in [0.1, 0.15) is 27.2 Å². The molecule has 0 heterocycles. The molecular weight excluding hydrogens is 227 g/mol. The third-order valence-corrected chi connectivity index (χ3v) is 4.97. The first-order chi connectivity index (χ1) is 5.85. The minimum absolute atomic E-state index is 0. The summed E-state index contributed by atoms with van der Waals surface area (Å²) in [5, 5.41) is 0. The predicted octanol–water partition coefficient (Wildman–Crippen LogP) is 3.32. The third-order valence-electron chi connectivity index (χ3n) is 1.97. The van der Waals surface area contributed by atoms with E-state index in [0.29, 0.717) is 0 Å². The van der Waals surface area contributed by atoms with E-state index >= 15 is 0 Å². The molecule has 0 spiro atoms. The Kier molecular flexibility index (Phi) is 14.8. The first kappa shape index (κ1) is 15.7.